The minimum atomic E-state index is -0.660. The van der Waals surface area contributed by atoms with Gasteiger partial charge in [-0.2, -0.15) is 0 Å². The smallest absolute Gasteiger partial charge is 0.312 e. The number of imidazole rings is 1. The van der Waals surface area contributed by atoms with Crippen molar-refractivity contribution < 1.29 is 19.1 Å². The van der Waals surface area contributed by atoms with Gasteiger partial charge in [-0.1, -0.05) is 6.92 Å². The third-order valence-electron chi connectivity index (χ3n) is 3.95. The van der Waals surface area contributed by atoms with Crippen LogP contribution in [0.3, 0.4) is 0 Å². The Morgan fingerprint density at radius 2 is 1.54 bits per heavy atom. The Hall–Kier alpha value is -2.71. The summed E-state index contributed by atoms with van der Waals surface area (Å²) in [5.41, 5.74) is 5.61. The van der Waals surface area contributed by atoms with Crippen LogP contribution >= 0.6 is 0 Å². The van der Waals surface area contributed by atoms with Gasteiger partial charge in [0.25, 0.3) is 0 Å². The predicted octanol–water partition coefficient (Wildman–Crippen LogP) is 2.61. The molecule has 2 heterocycles. The average Bonchev–Trinajstić information content (AvgIpc) is 2.93. The van der Waals surface area contributed by atoms with Gasteiger partial charge < -0.3 is 15.2 Å². The molecule has 2 N–H and O–H groups in total. The fourth-order valence-electron chi connectivity index (χ4n) is 2.25. The van der Waals surface area contributed by atoms with E-state index in [4.69, 9.17) is 15.2 Å². The number of nitrogens with zero attached hydrogens (tertiary/aromatic N) is 4. The van der Waals surface area contributed by atoms with Crippen LogP contribution in [0.4, 0.5) is 5.82 Å². The summed E-state index contributed by atoms with van der Waals surface area (Å²) in [6.07, 6.45) is 0.598. The number of aromatic nitrogens is 4. The van der Waals surface area contributed by atoms with E-state index >= 15 is 0 Å². The molecular formula is C19H29N5O4. The highest BCUT2D eigenvalue weighted by Gasteiger charge is 2.26. The lowest BCUT2D eigenvalue weighted by Gasteiger charge is -2.19. The van der Waals surface area contributed by atoms with E-state index in [1.807, 2.05) is 6.92 Å². The summed E-state index contributed by atoms with van der Waals surface area (Å²) in [5, 5.41) is 0. The third kappa shape index (κ3) is 4.76. The largest absolute Gasteiger partial charge is 0.457 e. The van der Waals surface area contributed by atoms with Gasteiger partial charge in [-0.25, -0.2) is 15.0 Å². The maximum atomic E-state index is 12.2. The molecule has 28 heavy (non-hydrogen) atoms. The van der Waals surface area contributed by atoms with Crippen molar-refractivity contribution in [1.29, 1.82) is 0 Å². The van der Waals surface area contributed by atoms with Crippen LogP contribution in [0.1, 0.15) is 60.1 Å². The maximum Gasteiger partial charge on any atom is 0.312 e. The number of carbonyl (C=O) groups excluding carboxylic acids is 2. The van der Waals surface area contributed by atoms with Gasteiger partial charge >= 0.3 is 11.9 Å². The van der Waals surface area contributed by atoms with Crippen molar-refractivity contribution in [3.63, 3.8) is 0 Å². The Balaban J connectivity index is 2.41. The first-order chi connectivity index (χ1) is 12.8. The highest BCUT2D eigenvalue weighted by atomic mass is 16.5. The third-order valence-corrected chi connectivity index (χ3v) is 3.95. The Bertz CT molecular complexity index is 890. The van der Waals surface area contributed by atoms with E-state index in [9.17, 15) is 9.59 Å². The highest BCUT2D eigenvalue weighted by molar-refractivity contribution is 5.83. The number of anilines is 1. The molecule has 0 aliphatic heterocycles. The second kappa shape index (κ2) is 7.73. The highest BCUT2D eigenvalue weighted by Crippen LogP contribution is 2.23. The molecule has 0 saturated carbocycles. The van der Waals surface area contributed by atoms with E-state index in [0.717, 1.165) is 0 Å². The first-order valence-corrected chi connectivity index (χ1v) is 9.20. The van der Waals surface area contributed by atoms with E-state index in [1.54, 1.807) is 46.1 Å². The van der Waals surface area contributed by atoms with Gasteiger partial charge in [0.15, 0.2) is 24.0 Å². The molecule has 2 aromatic rings. The van der Waals surface area contributed by atoms with Crippen LogP contribution in [0.15, 0.2) is 0 Å². The fraction of sp³-hybridized carbons (Fsp3) is 0.632. The number of hydrogen-bond acceptors (Lipinski definition) is 8. The zero-order valence-corrected chi connectivity index (χ0v) is 17.6. The molecule has 0 aromatic carbocycles. The number of nitrogen functional groups attached to an aromatic ring is 1. The zero-order valence-electron chi connectivity index (χ0n) is 17.6. The van der Waals surface area contributed by atoms with Crippen molar-refractivity contribution in [2.45, 2.75) is 68.2 Å². The number of ether oxygens (including phenoxy) is 2. The van der Waals surface area contributed by atoms with Crippen molar-refractivity contribution in [2.75, 3.05) is 5.73 Å². The van der Waals surface area contributed by atoms with Gasteiger partial charge in [0.1, 0.15) is 17.9 Å². The molecule has 2 aromatic heterocycles. The van der Waals surface area contributed by atoms with E-state index in [0.29, 0.717) is 29.2 Å². The van der Waals surface area contributed by atoms with E-state index in [2.05, 4.69) is 15.0 Å². The predicted molar refractivity (Wildman–Crippen MR) is 104 cm³/mol. The number of aryl methyl sites for hydroxylation is 1. The van der Waals surface area contributed by atoms with Crippen molar-refractivity contribution in [3.05, 3.63) is 11.6 Å². The molecule has 9 heteroatoms. The number of hydrogen-bond donors (Lipinski definition) is 1. The Labute approximate surface area is 164 Å². The lowest BCUT2D eigenvalue weighted by Crippen LogP contribution is -2.25. The topological polar surface area (TPSA) is 122 Å². The Morgan fingerprint density at radius 1 is 0.964 bits per heavy atom. The van der Waals surface area contributed by atoms with Gasteiger partial charge in [-0.05, 0) is 41.5 Å². The van der Waals surface area contributed by atoms with Crippen molar-refractivity contribution in [3.8, 4) is 0 Å². The van der Waals surface area contributed by atoms with Crippen LogP contribution in [0.5, 0.6) is 0 Å². The van der Waals surface area contributed by atoms with Crippen LogP contribution in [-0.2, 0) is 38.8 Å². The number of esters is 2. The van der Waals surface area contributed by atoms with Crippen LogP contribution < -0.4 is 5.73 Å². The van der Waals surface area contributed by atoms with Crippen molar-refractivity contribution >= 4 is 28.9 Å². The molecule has 0 radical (unpaired) electrons. The lowest BCUT2D eigenvalue weighted by molar-refractivity contribution is -0.158. The second-order valence-corrected chi connectivity index (χ2v) is 8.64. The number of carbonyl (C=O) groups is 2. The molecule has 0 amide bonds. The lowest BCUT2D eigenvalue weighted by atomic mass is 9.97. The number of nitrogens with two attached hydrogens (primary N) is 1. The summed E-state index contributed by atoms with van der Waals surface area (Å²) in [6.45, 7) is 12.3. The first kappa shape index (κ1) is 21.6. The molecule has 0 atom stereocenters. The SMILES string of the molecule is CCc1nc(N)c2c(n1)nc(COC(=O)C(C)(C)C)n2COC(=O)C(C)(C)C. The molecule has 0 spiro atoms. The quantitative estimate of drug-likeness (QED) is 0.772. The van der Waals surface area contributed by atoms with Crippen molar-refractivity contribution in [1.82, 2.24) is 19.5 Å². The summed E-state index contributed by atoms with van der Waals surface area (Å²) in [5.74, 6) is 0.417. The number of fused-ring (bicyclic) bond motifs is 1. The fourth-order valence-corrected chi connectivity index (χ4v) is 2.25. The van der Waals surface area contributed by atoms with Crippen LogP contribution in [0.25, 0.3) is 11.2 Å². The van der Waals surface area contributed by atoms with Gasteiger partial charge in [0.2, 0.25) is 0 Å². The molecule has 0 bridgehead atoms. The summed E-state index contributed by atoms with van der Waals surface area (Å²) in [6, 6.07) is 0. The molecular weight excluding hydrogens is 362 g/mol. The molecule has 0 aliphatic carbocycles. The summed E-state index contributed by atoms with van der Waals surface area (Å²) >= 11 is 0. The van der Waals surface area contributed by atoms with Crippen LogP contribution in [0.2, 0.25) is 0 Å². The van der Waals surface area contributed by atoms with Crippen LogP contribution in [0, 0.1) is 10.8 Å². The molecule has 0 unspecified atom stereocenters. The number of rotatable bonds is 5. The molecule has 0 aliphatic rings. The molecule has 9 nitrogen and oxygen atoms in total. The molecule has 0 saturated heterocycles. The Morgan fingerprint density at radius 3 is 2.07 bits per heavy atom. The molecule has 154 valence electrons. The second-order valence-electron chi connectivity index (χ2n) is 8.64. The van der Waals surface area contributed by atoms with Gasteiger partial charge in [-0.15, -0.1) is 0 Å². The van der Waals surface area contributed by atoms with Gasteiger partial charge in [0.05, 0.1) is 10.8 Å². The molecule has 2 rings (SSSR count). The first-order valence-electron chi connectivity index (χ1n) is 9.20. The zero-order chi connectivity index (χ0) is 21.3. The normalized spacial score (nSPS) is 12.2. The average molecular weight is 391 g/mol. The summed E-state index contributed by atoms with van der Waals surface area (Å²) in [7, 11) is 0. The standard InChI is InChI=1S/C19H29N5O4/c1-8-11-21-14(20)13-15(22-11)23-12(9-27-16(25)18(2,3)4)24(13)10-28-17(26)19(5,6)7/h8-10H2,1-7H3,(H2,20,21,22). The summed E-state index contributed by atoms with van der Waals surface area (Å²) in [4.78, 5) is 37.4. The summed E-state index contributed by atoms with van der Waals surface area (Å²) < 4.78 is 12.4. The van der Waals surface area contributed by atoms with Crippen LogP contribution in [-0.4, -0.2) is 31.5 Å². The maximum absolute atomic E-state index is 12.2. The monoisotopic (exact) mass is 391 g/mol. The Kier molecular flexibility index (Phi) is 5.96. The minimum Gasteiger partial charge on any atom is -0.457 e. The van der Waals surface area contributed by atoms with Gasteiger partial charge in [-0.3, -0.25) is 14.2 Å². The van der Waals surface area contributed by atoms with Crippen molar-refractivity contribution in [2.24, 2.45) is 10.8 Å². The van der Waals surface area contributed by atoms with E-state index < -0.39 is 10.8 Å². The van der Waals surface area contributed by atoms with E-state index in [1.165, 1.54) is 0 Å². The molecule has 0 fully saturated rings. The van der Waals surface area contributed by atoms with Gasteiger partial charge in [0, 0.05) is 6.42 Å². The van der Waals surface area contributed by atoms with E-state index in [-0.39, 0.29) is 31.1 Å². The minimum absolute atomic E-state index is 0.0968.